The molecule has 0 spiro atoms. The molecule has 94 valence electrons. The molecular formula is C15H18N2O. The van der Waals surface area contributed by atoms with Crippen LogP contribution in [0, 0.1) is 11.8 Å². The zero-order valence-corrected chi connectivity index (χ0v) is 10.9. The van der Waals surface area contributed by atoms with Gasteiger partial charge in [0.05, 0.1) is 5.54 Å². The zero-order valence-electron chi connectivity index (χ0n) is 10.9. The average Bonchev–Trinajstić information content (AvgIpc) is 2.37. The Hall–Kier alpha value is -1.79. The van der Waals surface area contributed by atoms with Gasteiger partial charge in [0.2, 0.25) is 0 Å². The third kappa shape index (κ3) is 2.91. The lowest BCUT2D eigenvalue weighted by atomic mass is 10.00. The van der Waals surface area contributed by atoms with E-state index in [0.717, 1.165) is 25.2 Å². The molecule has 1 saturated heterocycles. The SMILES string of the molecule is CC1(C)CNCCN1C(=O)C#Cc1ccccc1. The third-order valence-electron chi connectivity index (χ3n) is 3.13. The quantitative estimate of drug-likeness (QED) is 0.694. The monoisotopic (exact) mass is 242 g/mol. The highest BCUT2D eigenvalue weighted by Crippen LogP contribution is 2.15. The molecule has 1 aromatic carbocycles. The Labute approximate surface area is 108 Å². The Kier molecular flexibility index (Phi) is 3.69. The summed E-state index contributed by atoms with van der Waals surface area (Å²) in [5.41, 5.74) is 0.708. The molecule has 1 fully saturated rings. The summed E-state index contributed by atoms with van der Waals surface area (Å²) in [4.78, 5) is 14.0. The molecule has 1 N–H and O–H groups in total. The van der Waals surface area contributed by atoms with E-state index in [1.807, 2.05) is 35.2 Å². The summed E-state index contributed by atoms with van der Waals surface area (Å²) in [5.74, 6) is 5.56. The molecule has 18 heavy (non-hydrogen) atoms. The van der Waals surface area contributed by atoms with Crippen LogP contribution < -0.4 is 5.32 Å². The van der Waals surface area contributed by atoms with Crippen LogP contribution in [0.25, 0.3) is 0 Å². The van der Waals surface area contributed by atoms with Crippen molar-refractivity contribution < 1.29 is 4.79 Å². The van der Waals surface area contributed by atoms with Crippen molar-refractivity contribution in [2.24, 2.45) is 0 Å². The molecule has 3 heteroatoms. The summed E-state index contributed by atoms with van der Waals surface area (Å²) < 4.78 is 0. The van der Waals surface area contributed by atoms with Gasteiger partial charge in [0.15, 0.2) is 0 Å². The summed E-state index contributed by atoms with van der Waals surface area (Å²) >= 11 is 0. The molecule has 0 radical (unpaired) electrons. The van der Waals surface area contributed by atoms with Crippen molar-refractivity contribution >= 4 is 5.91 Å². The van der Waals surface area contributed by atoms with Gasteiger partial charge >= 0.3 is 0 Å². The first kappa shape index (κ1) is 12.7. The topological polar surface area (TPSA) is 32.3 Å². The van der Waals surface area contributed by atoms with Gasteiger partial charge in [-0.05, 0) is 26.0 Å². The minimum atomic E-state index is -0.166. The van der Waals surface area contributed by atoms with Gasteiger partial charge in [-0.3, -0.25) is 4.79 Å². The fourth-order valence-corrected chi connectivity index (χ4v) is 2.07. The highest BCUT2D eigenvalue weighted by atomic mass is 16.2. The van der Waals surface area contributed by atoms with E-state index in [-0.39, 0.29) is 11.4 Å². The largest absolute Gasteiger partial charge is 0.324 e. The first-order valence-electron chi connectivity index (χ1n) is 6.19. The standard InChI is InChI=1S/C15H18N2O/c1-15(2)12-16-10-11-17(15)14(18)9-8-13-6-4-3-5-7-13/h3-7,16H,10-12H2,1-2H3. The predicted octanol–water partition coefficient (Wildman–Crippen LogP) is 1.25. The van der Waals surface area contributed by atoms with Gasteiger partial charge in [0.25, 0.3) is 5.91 Å². The smallest absolute Gasteiger partial charge is 0.299 e. The van der Waals surface area contributed by atoms with Gasteiger partial charge in [-0.25, -0.2) is 0 Å². The molecule has 3 nitrogen and oxygen atoms in total. The number of hydrogen-bond donors (Lipinski definition) is 1. The molecule has 0 aliphatic carbocycles. The van der Waals surface area contributed by atoms with Crippen molar-refractivity contribution in [2.45, 2.75) is 19.4 Å². The van der Waals surface area contributed by atoms with Gasteiger partial charge < -0.3 is 10.2 Å². The molecule has 0 bridgehead atoms. The molecule has 0 unspecified atom stereocenters. The fraction of sp³-hybridized carbons (Fsp3) is 0.400. The normalized spacial score (nSPS) is 17.8. The van der Waals surface area contributed by atoms with Crippen molar-refractivity contribution in [3.8, 4) is 11.8 Å². The molecule has 0 aromatic heterocycles. The van der Waals surface area contributed by atoms with Crippen molar-refractivity contribution in [3.05, 3.63) is 35.9 Å². The van der Waals surface area contributed by atoms with Crippen LogP contribution in [0.15, 0.2) is 30.3 Å². The first-order valence-corrected chi connectivity index (χ1v) is 6.19. The molecule has 2 rings (SSSR count). The van der Waals surface area contributed by atoms with Crippen LogP contribution in [0.3, 0.4) is 0 Å². The van der Waals surface area contributed by atoms with E-state index in [1.165, 1.54) is 0 Å². The lowest BCUT2D eigenvalue weighted by Gasteiger charge is -2.41. The van der Waals surface area contributed by atoms with E-state index in [2.05, 4.69) is 31.0 Å². The molecule has 0 saturated carbocycles. The molecular weight excluding hydrogens is 224 g/mol. The average molecular weight is 242 g/mol. The molecule has 1 aliphatic heterocycles. The summed E-state index contributed by atoms with van der Waals surface area (Å²) in [7, 11) is 0. The Bertz CT molecular complexity index is 482. The fourth-order valence-electron chi connectivity index (χ4n) is 2.07. The van der Waals surface area contributed by atoms with Crippen LogP contribution in [0.1, 0.15) is 19.4 Å². The molecule has 1 aliphatic rings. The number of nitrogens with zero attached hydrogens (tertiary/aromatic N) is 1. The lowest BCUT2D eigenvalue weighted by molar-refractivity contribution is -0.131. The molecule has 1 heterocycles. The second-order valence-electron chi connectivity index (χ2n) is 5.06. The molecule has 1 aromatic rings. The van der Waals surface area contributed by atoms with Crippen LogP contribution in [0.4, 0.5) is 0 Å². The number of rotatable bonds is 0. The van der Waals surface area contributed by atoms with Crippen LogP contribution in [-0.4, -0.2) is 36.0 Å². The summed E-state index contributed by atoms with van der Waals surface area (Å²) in [5, 5.41) is 3.29. The van der Waals surface area contributed by atoms with Crippen molar-refractivity contribution in [1.29, 1.82) is 0 Å². The number of nitrogens with one attached hydrogen (secondary N) is 1. The van der Waals surface area contributed by atoms with Gasteiger partial charge in [0, 0.05) is 31.1 Å². The minimum Gasteiger partial charge on any atom is -0.324 e. The maximum atomic E-state index is 12.1. The maximum Gasteiger partial charge on any atom is 0.299 e. The zero-order chi connectivity index (χ0) is 13.0. The Morgan fingerprint density at radius 1 is 1.33 bits per heavy atom. The Balaban J connectivity index is 2.11. The minimum absolute atomic E-state index is 0.0923. The predicted molar refractivity (Wildman–Crippen MR) is 72.0 cm³/mol. The maximum absolute atomic E-state index is 12.1. The van der Waals surface area contributed by atoms with E-state index in [0.29, 0.717) is 0 Å². The molecule has 0 atom stereocenters. The van der Waals surface area contributed by atoms with Crippen molar-refractivity contribution in [2.75, 3.05) is 19.6 Å². The first-order chi connectivity index (χ1) is 8.59. The number of carbonyl (C=O) groups excluding carboxylic acids is 1. The van der Waals surface area contributed by atoms with E-state index in [4.69, 9.17) is 0 Å². The van der Waals surface area contributed by atoms with E-state index < -0.39 is 0 Å². The summed E-state index contributed by atoms with van der Waals surface area (Å²) in [6.45, 7) is 6.48. The van der Waals surface area contributed by atoms with Crippen LogP contribution in [0.2, 0.25) is 0 Å². The van der Waals surface area contributed by atoms with Gasteiger partial charge in [-0.1, -0.05) is 24.1 Å². The number of amides is 1. The van der Waals surface area contributed by atoms with Gasteiger partial charge in [-0.15, -0.1) is 0 Å². The van der Waals surface area contributed by atoms with Crippen LogP contribution in [0.5, 0.6) is 0 Å². The Morgan fingerprint density at radius 3 is 2.72 bits per heavy atom. The highest BCUT2D eigenvalue weighted by molar-refractivity contribution is 5.94. The van der Waals surface area contributed by atoms with Crippen molar-refractivity contribution in [1.82, 2.24) is 10.2 Å². The molecule has 1 amide bonds. The van der Waals surface area contributed by atoms with E-state index in [9.17, 15) is 4.79 Å². The Morgan fingerprint density at radius 2 is 2.06 bits per heavy atom. The second-order valence-corrected chi connectivity index (χ2v) is 5.06. The van der Waals surface area contributed by atoms with E-state index >= 15 is 0 Å². The van der Waals surface area contributed by atoms with Crippen molar-refractivity contribution in [3.63, 3.8) is 0 Å². The third-order valence-corrected chi connectivity index (χ3v) is 3.13. The highest BCUT2D eigenvalue weighted by Gasteiger charge is 2.32. The number of piperazine rings is 1. The summed E-state index contributed by atoms with van der Waals surface area (Å²) in [6, 6.07) is 9.59. The van der Waals surface area contributed by atoms with Gasteiger partial charge in [-0.2, -0.15) is 0 Å². The summed E-state index contributed by atoms with van der Waals surface area (Å²) in [6.07, 6.45) is 0. The second kappa shape index (κ2) is 5.24. The van der Waals surface area contributed by atoms with Gasteiger partial charge in [0.1, 0.15) is 0 Å². The van der Waals surface area contributed by atoms with E-state index in [1.54, 1.807) is 0 Å². The lowest BCUT2D eigenvalue weighted by Crippen LogP contribution is -2.59. The van der Waals surface area contributed by atoms with Crippen LogP contribution >= 0.6 is 0 Å². The number of benzene rings is 1. The number of hydrogen-bond acceptors (Lipinski definition) is 2. The van der Waals surface area contributed by atoms with Crippen LogP contribution in [-0.2, 0) is 4.79 Å². The number of carbonyl (C=O) groups is 1.